The number of amides is 1. The van der Waals surface area contributed by atoms with Crippen LogP contribution in [0.5, 0.6) is 0 Å². The summed E-state index contributed by atoms with van der Waals surface area (Å²) in [5.74, 6) is 0.0189. The number of hydrogen-bond acceptors (Lipinski definition) is 3. The fraction of sp³-hybridized carbons (Fsp3) is 0.833. The van der Waals surface area contributed by atoms with E-state index in [1.54, 1.807) is 7.05 Å². The van der Waals surface area contributed by atoms with Gasteiger partial charge in [-0.25, -0.2) is 0 Å². The molecule has 0 spiro atoms. The Morgan fingerprint density at radius 2 is 2.20 bits per heavy atom. The highest BCUT2D eigenvalue weighted by Gasteiger charge is 1.94. The molecule has 0 aromatic carbocycles. The first kappa shape index (κ1) is 9.39. The second-order valence-electron chi connectivity index (χ2n) is 1.90. The Morgan fingerprint density at radius 1 is 1.50 bits per heavy atom. The maximum Gasteiger partial charge on any atom is 0.221 e. The van der Waals surface area contributed by atoms with Gasteiger partial charge >= 0.3 is 0 Å². The summed E-state index contributed by atoms with van der Waals surface area (Å²) < 4.78 is 0. The Morgan fingerprint density at radius 3 is 2.70 bits per heavy atom. The summed E-state index contributed by atoms with van der Waals surface area (Å²) in [6, 6.07) is 0. The van der Waals surface area contributed by atoms with Crippen molar-refractivity contribution in [3.8, 4) is 0 Å². The minimum absolute atomic E-state index is 0.0189. The lowest BCUT2D eigenvalue weighted by atomic mass is 10.4. The SMILES string of the molecule is CNC(=O)CCNCCO. The van der Waals surface area contributed by atoms with E-state index in [-0.39, 0.29) is 12.5 Å². The van der Waals surface area contributed by atoms with Crippen LogP contribution in [0.4, 0.5) is 0 Å². The summed E-state index contributed by atoms with van der Waals surface area (Å²) in [4.78, 5) is 10.6. The van der Waals surface area contributed by atoms with Crippen LogP contribution in [-0.2, 0) is 4.79 Å². The molecule has 0 bridgehead atoms. The highest BCUT2D eigenvalue weighted by Crippen LogP contribution is 1.73. The Kier molecular flexibility index (Phi) is 6.11. The van der Waals surface area contributed by atoms with Crippen LogP contribution >= 0.6 is 0 Å². The van der Waals surface area contributed by atoms with Crippen LogP contribution in [0.25, 0.3) is 0 Å². The molecule has 0 rings (SSSR count). The molecule has 0 aromatic heterocycles. The fourth-order valence-electron chi connectivity index (χ4n) is 0.531. The van der Waals surface area contributed by atoms with Crippen LogP contribution in [0.1, 0.15) is 6.42 Å². The van der Waals surface area contributed by atoms with Crippen molar-refractivity contribution in [3.05, 3.63) is 0 Å². The van der Waals surface area contributed by atoms with E-state index in [4.69, 9.17) is 5.11 Å². The first-order valence-corrected chi connectivity index (χ1v) is 3.33. The third kappa shape index (κ3) is 5.53. The van der Waals surface area contributed by atoms with E-state index in [0.29, 0.717) is 19.5 Å². The predicted octanol–water partition coefficient (Wildman–Crippen LogP) is -1.30. The molecule has 4 heteroatoms. The minimum Gasteiger partial charge on any atom is -0.395 e. The van der Waals surface area contributed by atoms with Crippen LogP contribution in [-0.4, -0.2) is 37.8 Å². The fourth-order valence-corrected chi connectivity index (χ4v) is 0.531. The van der Waals surface area contributed by atoms with Crippen molar-refractivity contribution in [1.82, 2.24) is 10.6 Å². The van der Waals surface area contributed by atoms with Gasteiger partial charge in [-0.3, -0.25) is 4.79 Å². The predicted molar refractivity (Wildman–Crippen MR) is 38.6 cm³/mol. The second-order valence-corrected chi connectivity index (χ2v) is 1.90. The average Bonchev–Trinajstić information content (AvgIpc) is 1.98. The van der Waals surface area contributed by atoms with Crippen molar-refractivity contribution in [1.29, 1.82) is 0 Å². The smallest absolute Gasteiger partial charge is 0.221 e. The molecule has 0 radical (unpaired) electrons. The quantitative estimate of drug-likeness (QED) is 0.423. The molecule has 4 nitrogen and oxygen atoms in total. The van der Waals surface area contributed by atoms with Gasteiger partial charge in [0.15, 0.2) is 0 Å². The number of carbonyl (C=O) groups is 1. The van der Waals surface area contributed by atoms with Gasteiger partial charge in [-0.1, -0.05) is 0 Å². The van der Waals surface area contributed by atoms with E-state index in [9.17, 15) is 4.79 Å². The van der Waals surface area contributed by atoms with Gasteiger partial charge in [0.2, 0.25) is 5.91 Å². The van der Waals surface area contributed by atoms with Crippen molar-refractivity contribution >= 4 is 5.91 Å². The van der Waals surface area contributed by atoms with Crippen molar-refractivity contribution < 1.29 is 9.90 Å². The van der Waals surface area contributed by atoms with E-state index in [0.717, 1.165) is 0 Å². The largest absolute Gasteiger partial charge is 0.395 e. The summed E-state index contributed by atoms with van der Waals surface area (Å²) in [6.45, 7) is 1.30. The zero-order valence-electron chi connectivity index (χ0n) is 6.18. The number of nitrogens with one attached hydrogen (secondary N) is 2. The Hall–Kier alpha value is -0.610. The van der Waals surface area contributed by atoms with Crippen LogP contribution in [0.2, 0.25) is 0 Å². The normalized spacial score (nSPS) is 9.40. The van der Waals surface area contributed by atoms with Crippen molar-refractivity contribution in [3.63, 3.8) is 0 Å². The van der Waals surface area contributed by atoms with Crippen molar-refractivity contribution in [2.45, 2.75) is 6.42 Å². The number of rotatable bonds is 5. The van der Waals surface area contributed by atoms with Gasteiger partial charge in [0.25, 0.3) is 0 Å². The number of hydrogen-bond donors (Lipinski definition) is 3. The molecule has 10 heavy (non-hydrogen) atoms. The number of aliphatic hydroxyl groups excluding tert-OH is 1. The van der Waals surface area contributed by atoms with Gasteiger partial charge in [-0.2, -0.15) is 0 Å². The first-order valence-electron chi connectivity index (χ1n) is 3.33. The Bertz CT molecular complexity index is 95.7. The summed E-state index contributed by atoms with van der Waals surface area (Å²) in [6.07, 6.45) is 0.469. The summed E-state index contributed by atoms with van der Waals surface area (Å²) in [5, 5.41) is 13.7. The van der Waals surface area contributed by atoms with E-state index >= 15 is 0 Å². The van der Waals surface area contributed by atoms with Crippen molar-refractivity contribution in [2.24, 2.45) is 0 Å². The zero-order valence-corrected chi connectivity index (χ0v) is 6.18. The molecule has 0 saturated heterocycles. The van der Waals surface area contributed by atoms with Crippen molar-refractivity contribution in [2.75, 3.05) is 26.7 Å². The highest BCUT2D eigenvalue weighted by molar-refractivity contribution is 5.75. The molecule has 1 amide bonds. The van der Waals surface area contributed by atoms with Crippen LogP contribution in [0.15, 0.2) is 0 Å². The topological polar surface area (TPSA) is 61.4 Å². The third-order valence-corrected chi connectivity index (χ3v) is 1.10. The van der Waals surface area contributed by atoms with Crippen LogP contribution in [0, 0.1) is 0 Å². The molecule has 0 unspecified atom stereocenters. The van der Waals surface area contributed by atoms with E-state index < -0.39 is 0 Å². The van der Waals surface area contributed by atoms with E-state index in [1.807, 2.05) is 0 Å². The molecule has 3 N–H and O–H groups in total. The molecule has 0 saturated carbocycles. The summed E-state index contributed by atoms with van der Waals surface area (Å²) >= 11 is 0. The van der Waals surface area contributed by atoms with Gasteiger partial charge in [0, 0.05) is 26.6 Å². The molecule has 0 aliphatic carbocycles. The minimum atomic E-state index is 0.0189. The van der Waals surface area contributed by atoms with E-state index in [1.165, 1.54) is 0 Å². The van der Waals surface area contributed by atoms with Gasteiger partial charge in [0.1, 0.15) is 0 Å². The molecule has 0 aliphatic rings. The lowest BCUT2D eigenvalue weighted by Gasteiger charge is -2.00. The number of aliphatic hydroxyl groups is 1. The molecule has 0 atom stereocenters. The Balaban J connectivity index is 2.96. The highest BCUT2D eigenvalue weighted by atomic mass is 16.3. The molecular formula is C6H14N2O2. The maximum absolute atomic E-state index is 10.6. The average molecular weight is 146 g/mol. The van der Waals surface area contributed by atoms with E-state index in [2.05, 4.69) is 10.6 Å². The lowest BCUT2D eigenvalue weighted by Crippen LogP contribution is -2.26. The van der Waals surface area contributed by atoms with Gasteiger partial charge in [0.05, 0.1) is 6.61 Å². The lowest BCUT2D eigenvalue weighted by molar-refractivity contribution is -0.120. The summed E-state index contributed by atoms with van der Waals surface area (Å²) in [7, 11) is 1.61. The van der Waals surface area contributed by atoms with Gasteiger partial charge in [-0.15, -0.1) is 0 Å². The molecule has 60 valence electrons. The third-order valence-electron chi connectivity index (χ3n) is 1.10. The zero-order chi connectivity index (χ0) is 7.82. The molecule has 0 heterocycles. The molecular weight excluding hydrogens is 132 g/mol. The summed E-state index contributed by atoms with van der Waals surface area (Å²) in [5.41, 5.74) is 0. The molecule has 0 aliphatic heterocycles. The monoisotopic (exact) mass is 146 g/mol. The Labute approximate surface area is 60.6 Å². The molecule has 0 fully saturated rings. The van der Waals surface area contributed by atoms with Gasteiger partial charge < -0.3 is 15.7 Å². The van der Waals surface area contributed by atoms with Gasteiger partial charge in [-0.05, 0) is 0 Å². The van der Waals surface area contributed by atoms with Crippen LogP contribution < -0.4 is 10.6 Å². The standard InChI is InChI=1S/C6H14N2O2/c1-7-6(10)2-3-8-4-5-9/h8-9H,2-5H2,1H3,(H,7,10). The van der Waals surface area contributed by atoms with Crippen LogP contribution in [0.3, 0.4) is 0 Å². The second kappa shape index (κ2) is 6.51. The number of carbonyl (C=O) groups excluding carboxylic acids is 1. The maximum atomic E-state index is 10.6. The molecule has 0 aromatic rings. The first-order chi connectivity index (χ1) is 4.81.